The number of phenols is 2. The monoisotopic (exact) mass is 354 g/mol. The third-order valence-corrected chi connectivity index (χ3v) is 4.45. The molecule has 1 amide bonds. The minimum atomic E-state index is -3.91. The van der Waals surface area contributed by atoms with Gasteiger partial charge in [0.05, 0.1) is 0 Å². The first-order valence-electron chi connectivity index (χ1n) is 6.97. The van der Waals surface area contributed by atoms with Gasteiger partial charge in [0.2, 0.25) is 0 Å². The van der Waals surface area contributed by atoms with Crippen LogP contribution in [0.2, 0.25) is 0 Å². The van der Waals surface area contributed by atoms with Crippen LogP contribution in [0.5, 0.6) is 11.5 Å². The minimum absolute atomic E-state index is 0.275. The average Bonchev–Trinajstić information content (AvgIpc) is 2.50. The van der Waals surface area contributed by atoms with Crippen LogP contribution in [0.4, 0.5) is 0 Å². The van der Waals surface area contributed by atoms with E-state index in [0.29, 0.717) is 13.1 Å². The van der Waals surface area contributed by atoms with Gasteiger partial charge < -0.3 is 20.2 Å². The van der Waals surface area contributed by atoms with Crippen LogP contribution in [-0.4, -0.2) is 53.9 Å². The van der Waals surface area contributed by atoms with Crippen molar-refractivity contribution in [3.63, 3.8) is 0 Å². The molecule has 1 aromatic rings. The second-order valence-corrected chi connectivity index (χ2v) is 6.91. The fourth-order valence-electron chi connectivity index (χ4n) is 2.03. The van der Waals surface area contributed by atoms with Gasteiger partial charge in [0.25, 0.3) is 5.91 Å². The lowest BCUT2D eigenvalue weighted by Crippen LogP contribution is -2.31. The molecule has 0 radical (unpaired) electrons. The lowest BCUT2D eigenvalue weighted by molar-refractivity contribution is -0.126. The number of likely N-dealkylation sites (N-methyl/N-ethyl adjacent to an activating group) is 1. The molecule has 0 atom stereocenters. The van der Waals surface area contributed by atoms with Gasteiger partial charge in [0.15, 0.2) is 26.9 Å². The maximum atomic E-state index is 12.2. The van der Waals surface area contributed by atoms with Gasteiger partial charge in [0, 0.05) is 24.9 Å². The Bertz CT molecular complexity index is 832. The normalized spacial score (nSPS) is 12.2. The molecule has 0 spiro atoms. The predicted molar refractivity (Wildman–Crippen MR) is 86.0 cm³/mol. The molecular weight excluding hydrogens is 336 g/mol. The molecular formula is C15H18N2O6S. The van der Waals surface area contributed by atoms with Crippen LogP contribution >= 0.6 is 0 Å². The summed E-state index contributed by atoms with van der Waals surface area (Å²) >= 11 is 0. The summed E-state index contributed by atoms with van der Waals surface area (Å²) in [6.07, 6.45) is 0.804. The molecule has 0 fully saturated rings. The smallest absolute Gasteiger partial charge is 0.268 e. The first-order valence-corrected chi connectivity index (χ1v) is 8.86. The number of hydrogen-bond acceptors (Lipinski definition) is 7. The number of aromatic hydroxyl groups is 2. The van der Waals surface area contributed by atoms with Crippen molar-refractivity contribution in [2.75, 3.05) is 19.3 Å². The molecule has 0 bridgehead atoms. The highest BCUT2D eigenvalue weighted by Crippen LogP contribution is 2.35. The summed E-state index contributed by atoms with van der Waals surface area (Å²) in [6.45, 7) is 4.01. The van der Waals surface area contributed by atoms with Crippen molar-refractivity contribution in [3.05, 3.63) is 23.3 Å². The summed E-state index contributed by atoms with van der Waals surface area (Å²) in [4.78, 5) is 12.9. The molecule has 0 unspecified atom stereocenters. The Kier molecular flexibility index (Phi) is 5.82. The van der Waals surface area contributed by atoms with Gasteiger partial charge in [0.1, 0.15) is 16.7 Å². The van der Waals surface area contributed by atoms with Crippen molar-refractivity contribution >= 4 is 21.5 Å². The summed E-state index contributed by atoms with van der Waals surface area (Å²) in [6, 6.07) is 3.34. The van der Waals surface area contributed by atoms with Crippen molar-refractivity contribution in [1.82, 2.24) is 4.90 Å². The number of benzene rings is 1. The van der Waals surface area contributed by atoms with E-state index in [1.807, 2.05) is 0 Å². The molecule has 0 aliphatic rings. The number of nitrogens with zero attached hydrogens (tertiary/aromatic N) is 2. The van der Waals surface area contributed by atoms with Crippen molar-refractivity contribution in [3.8, 4) is 17.6 Å². The number of aliphatic hydroxyl groups excluding tert-OH is 1. The molecule has 9 heteroatoms. The summed E-state index contributed by atoms with van der Waals surface area (Å²) < 4.78 is 23.3. The topological polar surface area (TPSA) is 139 Å². The number of hydrogen-bond donors (Lipinski definition) is 3. The lowest BCUT2D eigenvalue weighted by atomic mass is 10.1. The number of sulfone groups is 1. The van der Waals surface area contributed by atoms with Crippen molar-refractivity contribution in [2.45, 2.75) is 18.7 Å². The Balaban J connectivity index is 3.62. The number of carbonyl (C=O) groups excluding carboxylic acids is 1. The van der Waals surface area contributed by atoms with E-state index >= 15 is 0 Å². The maximum absolute atomic E-state index is 12.2. The molecule has 1 rings (SSSR count). The largest absolute Gasteiger partial charge is 0.506 e. The molecule has 0 saturated carbocycles. The Morgan fingerprint density at radius 2 is 1.79 bits per heavy atom. The van der Waals surface area contributed by atoms with Gasteiger partial charge in [-0.15, -0.1) is 0 Å². The Morgan fingerprint density at radius 1 is 1.25 bits per heavy atom. The zero-order chi connectivity index (χ0) is 18.7. The van der Waals surface area contributed by atoms with Crippen LogP contribution in [0.3, 0.4) is 0 Å². The Labute approximate surface area is 139 Å². The molecule has 8 nitrogen and oxygen atoms in total. The van der Waals surface area contributed by atoms with Crippen LogP contribution in [0.15, 0.2) is 22.6 Å². The first-order chi connectivity index (χ1) is 11.1. The maximum Gasteiger partial charge on any atom is 0.268 e. The average molecular weight is 354 g/mol. The second kappa shape index (κ2) is 7.23. The SMILES string of the molecule is CCN(CC)C(=O)/C(C#N)=C(\O)c1cc(O)c(O)c(S(C)(=O)=O)c1. The first kappa shape index (κ1) is 19.3. The van der Waals surface area contributed by atoms with E-state index in [1.54, 1.807) is 19.9 Å². The van der Waals surface area contributed by atoms with Crippen LogP contribution in [0.1, 0.15) is 19.4 Å². The standard InChI is InChI=1S/C15H18N2O6S/c1-4-17(5-2)15(21)10(8-16)13(19)9-6-11(18)14(20)12(7-9)24(3,22)23/h6-7,18-20H,4-5H2,1-3H3/b13-10-. The van der Waals surface area contributed by atoms with E-state index in [4.69, 9.17) is 0 Å². The molecule has 0 aliphatic carbocycles. The molecule has 130 valence electrons. The van der Waals surface area contributed by atoms with E-state index in [0.717, 1.165) is 18.4 Å². The summed E-state index contributed by atoms with van der Waals surface area (Å²) in [5, 5.41) is 38.7. The van der Waals surface area contributed by atoms with E-state index < -0.39 is 43.5 Å². The predicted octanol–water partition coefficient (Wildman–Crippen LogP) is 1.16. The fourth-order valence-corrected chi connectivity index (χ4v) is 2.82. The molecule has 0 aliphatic heterocycles. The van der Waals surface area contributed by atoms with E-state index in [2.05, 4.69) is 0 Å². The molecule has 0 heterocycles. The van der Waals surface area contributed by atoms with Gasteiger partial charge in [-0.1, -0.05) is 0 Å². The zero-order valence-corrected chi connectivity index (χ0v) is 14.3. The third-order valence-electron chi connectivity index (χ3n) is 3.34. The number of amides is 1. The summed E-state index contributed by atoms with van der Waals surface area (Å²) in [5.41, 5.74) is -0.869. The van der Waals surface area contributed by atoms with E-state index in [1.165, 1.54) is 4.90 Å². The number of rotatable bonds is 5. The quantitative estimate of drug-likeness (QED) is 0.312. The minimum Gasteiger partial charge on any atom is -0.506 e. The van der Waals surface area contributed by atoms with Gasteiger partial charge in [-0.3, -0.25) is 4.79 Å². The van der Waals surface area contributed by atoms with Crippen molar-refractivity contribution in [1.29, 1.82) is 5.26 Å². The molecule has 1 aromatic carbocycles. The van der Waals surface area contributed by atoms with Crippen LogP contribution < -0.4 is 0 Å². The fraction of sp³-hybridized carbons (Fsp3) is 0.333. The van der Waals surface area contributed by atoms with Gasteiger partial charge in [-0.05, 0) is 26.0 Å². The highest BCUT2D eigenvalue weighted by molar-refractivity contribution is 7.90. The van der Waals surface area contributed by atoms with Crippen molar-refractivity contribution < 1.29 is 28.5 Å². The highest BCUT2D eigenvalue weighted by atomic mass is 32.2. The lowest BCUT2D eigenvalue weighted by Gasteiger charge is -2.18. The number of phenolic OH excluding ortho intramolecular Hbond substituents is 2. The van der Waals surface area contributed by atoms with Crippen LogP contribution in [0.25, 0.3) is 5.76 Å². The van der Waals surface area contributed by atoms with E-state index in [9.17, 15) is 33.8 Å². The summed E-state index contributed by atoms with van der Waals surface area (Å²) in [5.74, 6) is -3.18. The number of aliphatic hydroxyl groups is 1. The zero-order valence-electron chi connectivity index (χ0n) is 13.4. The van der Waals surface area contributed by atoms with Crippen LogP contribution in [0, 0.1) is 11.3 Å². The third kappa shape index (κ3) is 3.78. The molecule has 0 saturated heterocycles. The highest BCUT2D eigenvalue weighted by Gasteiger charge is 2.24. The van der Waals surface area contributed by atoms with Gasteiger partial charge in [-0.2, -0.15) is 5.26 Å². The molecule has 3 N–H and O–H groups in total. The Hall–Kier alpha value is -2.73. The van der Waals surface area contributed by atoms with Crippen molar-refractivity contribution in [2.24, 2.45) is 0 Å². The molecule has 24 heavy (non-hydrogen) atoms. The van der Waals surface area contributed by atoms with Gasteiger partial charge >= 0.3 is 0 Å². The van der Waals surface area contributed by atoms with Gasteiger partial charge in [-0.25, -0.2) is 8.42 Å². The van der Waals surface area contributed by atoms with Crippen LogP contribution in [-0.2, 0) is 14.6 Å². The second-order valence-electron chi connectivity index (χ2n) is 4.93. The Morgan fingerprint density at radius 3 is 2.21 bits per heavy atom. The number of carbonyl (C=O) groups is 1. The van der Waals surface area contributed by atoms with E-state index in [-0.39, 0.29) is 5.56 Å². The number of nitriles is 1. The molecule has 0 aromatic heterocycles. The summed E-state index contributed by atoms with van der Waals surface area (Å²) in [7, 11) is -3.91.